The molecule has 0 bridgehead atoms. The fourth-order valence-corrected chi connectivity index (χ4v) is 3.90. The molecule has 1 aromatic carbocycles. The van der Waals surface area contributed by atoms with Gasteiger partial charge in [-0.3, -0.25) is 0 Å². The van der Waals surface area contributed by atoms with Gasteiger partial charge in [0.1, 0.15) is 11.4 Å². The molecule has 3 heteroatoms. The second kappa shape index (κ2) is 5.74. The lowest BCUT2D eigenvalue weighted by molar-refractivity contribution is -0.134. The third-order valence-electron chi connectivity index (χ3n) is 5.16. The molecule has 1 N–H and O–H groups in total. The monoisotopic (exact) mass is 277 g/mol. The molecule has 2 atom stereocenters. The number of benzene rings is 1. The van der Waals surface area contributed by atoms with Crippen LogP contribution < -0.4 is 4.74 Å². The predicted octanol–water partition coefficient (Wildman–Crippen LogP) is 3.17. The molecule has 0 aromatic heterocycles. The zero-order chi connectivity index (χ0) is 14.8. The van der Waals surface area contributed by atoms with Crippen molar-refractivity contribution in [1.82, 2.24) is 4.90 Å². The molecule has 2 rings (SSSR count). The summed E-state index contributed by atoms with van der Waals surface area (Å²) in [5.41, 5.74) is 0.0452. The molecular weight excluding hydrogens is 250 g/mol. The Bertz CT molecular complexity index is 443. The highest BCUT2D eigenvalue weighted by Crippen LogP contribution is 2.49. The van der Waals surface area contributed by atoms with Crippen LogP contribution in [0.3, 0.4) is 0 Å². The van der Waals surface area contributed by atoms with E-state index in [2.05, 4.69) is 25.9 Å². The van der Waals surface area contributed by atoms with Crippen molar-refractivity contribution in [3.8, 4) is 5.75 Å². The van der Waals surface area contributed by atoms with Crippen molar-refractivity contribution in [1.29, 1.82) is 0 Å². The van der Waals surface area contributed by atoms with E-state index in [1.54, 1.807) is 7.11 Å². The summed E-state index contributed by atoms with van der Waals surface area (Å²) in [6.07, 6.45) is 5.08. The van der Waals surface area contributed by atoms with Crippen LogP contribution in [0.1, 0.15) is 44.6 Å². The maximum absolute atomic E-state index is 11.5. The Morgan fingerprint density at radius 2 is 1.75 bits per heavy atom. The zero-order valence-corrected chi connectivity index (χ0v) is 13.1. The highest BCUT2D eigenvalue weighted by atomic mass is 16.5. The highest BCUT2D eigenvalue weighted by Gasteiger charge is 2.52. The lowest BCUT2D eigenvalue weighted by Crippen LogP contribution is -2.61. The molecule has 20 heavy (non-hydrogen) atoms. The molecule has 112 valence electrons. The summed E-state index contributed by atoms with van der Waals surface area (Å²) in [5, 5.41) is 11.5. The van der Waals surface area contributed by atoms with Crippen LogP contribution in [0.15, 0.2) is 24.3 Å². The molecule has 0 spiro atoms. The molecule has 1 saturated carbocycles. The number of nitrogens with zero attached hydrogens (tertiary/aromatic N) is 1. The van der Waals surface area contributed by atoms with Crippen LogP contribution >= 0.6 is 0 Å². The molecule has 0 saturated heterocycles. The average molecular weight is 277 g/mol. The van der Waals surface area contributed by atoms with Gasteiger partial charge in [0.05, 0.1) is 12.6 Å². The molecule has 2 unspecified atom stereocenters. The third kappa shape index (κ3) is 2.23. The van der Waals surface area contributed by atoms with Crippen LogP contribution in [0.5, 0.6) is 5.75 Å². The van der Waals surface area contributed by atoms with E-state index in [1.165, 1.54) is 6.42 Å². The van der Waals surface area contributed by atoms with Crippen molar-refractivity contribution in [3.05, 3.63) is 29.8 Å². The molecular formula is C17H27NO2. The van der Waals surface area contributed by atoms with E-state index in [0.717, 1.165) is 37.0 Å². The van der Waals surface area contributed by atoms with E-state index in [-0.39, 0.29) is 5.54 Å². The summed E-state index contributed by atoms with van der Waals surface area (Å²) in [5.74, 6) is 0.833. The summed E-state index contributed by atoms with van der Waals surface area (Å²) in [4.78, 5) is 2.22. The Kier molecular flexibility index (Phi) is 4.40. The van der Waals surface area contributed by atoms with Gasteiger partial charge < -0.3 is 14.7 Å². The molecule has 0 heterocycles. The smallest absolute Gasteiger partial charge is 0.118 e. The van der Waals surface area contributed by atoms with Crippen LogP contribution in [0.2, 0.25) is 0 Å². The summed E-state index contributed by atoms with van der Waals surface area (Å²) in [6.45, 7) is 2.18. The number of hydrogen-bond donors (Lipinski definition) is 1. The Hall–Kier alpha value is -1.06. The van der Waals surface area contributed by atoms with Gasteiger partial charge in [0.15, 0.2) is 0 Å². The number of rotatable bonds is 4. The first kappa shape index (κ1) is 15.3. The first-order chi connectivity index (χ1) is 9.50. The van der Waals surface area contributed by atoms with Crippen LogP contribution in [0.4, 0.5) is 0 Å². The zero-order valence-electron chi connectivity index (χ0n) is 13.1. The van der Waals surface area contributed by atoms with E-state index in [0.29, 0.717) is 0 Å². The van der Waals surface area contributed by atoms with Crippen molar-refractivity contribution in [2.24, 2.45) is 0 Å². The standard InChI is InChI=1S/C17H27NO2/c1-5-16(18(2)3)12-6-7-13-17(16,19)14-8-10-15(20-4)11-9-14/h8-11,19H,5-7,12-13H2,1-4H3. The van der Waals surface area contributed by atoms with E-state index in [9.17, 15) is 5.11 Å². The Labute approximate surface area is 122 Å². The minimum absolute atomic E-state index is 0.181. The minimum atomic E-state index is -0.782. The Morgan fingerprint density at radius 1 is 1.15 bits per heavy atom. The fourth-order valence-electron chi connectivity index (χ4n) is 3.90. The van der Waals surface area contributed by atoms with E-state index in [1.807, 2.05) is 24.3 Å². The fraction of sp³-hybridized carbons (Fsp3) is 0.647. The first-order valence-corrected chi connectivity index (χ1v) is 7.54. The summed E-state index contributed by atoms with van der Waals surface area (Å²) in [6, 6.07) is 7.91. The van der Waals surface area contributed by atoms with Gasteiger partial charge >= 0.3 is 0 Å². The van der Waals surface area contributed by atoms with Crippen molar-refractivity contribution in [2.75, 3.05) is 21.2 Å². The maximum atomic E-state index is 11.5. The Balaban J connectivity index is 2.46. The average Bonchev–Trinajstić information content (AvgIpc) is 2.47. The van der Waals surface area contributed by atoms with Gasteiger partial charge in [-0.05, 0) is 51.1 Å². The molecule has 0 aliphatic heterocycles. The van der Waals surface area contributed by atoms with Gasteiger partial charge in [0, 0.05) is 0 Å². The van der Waals surface area contributed by atoms with Crippen LogP contribution in [-0.4, -0.2) is 36.8 Å². The van der Waals surface area contributed by atoms with Gasteiger partial charge in [0.25, 0.3) is 0 Å². The highest BCUT2D eigenvalue weighted by molar-refractivity contribution is 5.34. The SMILES string of the molecule is CCC1(N(C)C)CCCCC1(O)c1ccc(OC)cc1. The minimum Gasteiger partial charge on any atom is -0.497 e. The maximum Gasteiger partial charge on any atom is 0.118 e. The van der Waals surface area contributed by atoms with Gasteiger partial charge in [-0.15, -0.1) is 0 Å². The van der Waals surface area contributed by atoms with Crippen LogP contribution in [-0.2, 0) is 5.60 Å². The quantitative estimate of drug-likeness (QED) is 0.917. The number of likely N-dealkylation sites (N-methyl/N-ethyl adjacent to an activating group) is 1. The summed E-state index contributed by atoms with van der Waals surface area (Å²) in [7, 11) is 5.84. The second-order valence-electron chi connectivity index (χ2n) is 6.08. The Morgan fingerprint density at radius 3 is 2.25 bits per heavy atom. The topological polar surface area (TPSA) is 32.7 Å². The van der Waals surface area contributed by atoms with Crippen LogP contribution in [0, 0.1) is 0 Å². The van der Waals surface area contributed by atoms with Crippen LogP contribution in [0.25, 0.3) is 0 Å². The van der Waals surface area contributed by atoms with E-state index in [4.69, 9.17) is 4.74 Å². The van der Waals surface area contributed by atoms with Gasteiger partial charge in [0.2, 0.25) is 0 Å². The second-order valence-corrected chi connectivity index (χ2v) is 6.08. The molecule has 1 aliphatic carbocycles. The normalized spacial score (nSPS) is 30.5. The lowest BCUT2D eigenvalue weighted by Gasteiger charge is -2.54. The summed E-state index contributed by atoms with van der Waals surface area (Å²) >= 11 is 0. The van der Waals surface area contributed by atoms with E-state index >= 15 is 0 Å². The van der Waals surface area contributed by atoms with Crippen molar-refractivity contribution in [3.63, 3.8) is 0 Å². The number of hydrogen-bond acceptors (Lipinski definition) is 3. The lowest BCUT2D eigenvalue weighted by atomic mass is 9.64. The van der Waals surface area contributed by atoms with Gasteiger partial charge in [-0.1, -0.05) is 31.9 Å². The van der Waals surface area contributed by atoms with Crippen molar-refractivity contribution in [2.45, 2.75) is 50.2 Å². The largest absolute Gasteiger partial charge is 0.497 e. The summed E-state index contributed by atoms with van der Waals surface area (Å²) < 4.78 is 5.22. The molecule has 1 aromatic rings. The number of methoxy groups -OCH3 is 1. The molecule has 1 fully saturated rings. The molecule has 3 nitrogen and oxygen atoms in total. The third-order valence-corrected chi connectivity index (χ3v) is 5.16. The van der Waals surface area contributed by atoms with Crippen molar-refractivity contribution >= 4 is 0 Å². The molecule has 0 amide bonds. The predicted molar refractivity (Wildman–Crippen MR) is 82.1 cm³/mol. The van der Waals surface area contributed by atoms with Gasteiger partial charge in [-0.2, -0.15) is 0 Å². The van der Waals surface area contributed by atoms with Crippen molar-refractivity contribution < 1.29 is 9.84 Å². The first-order valence-electron chi connectivity index (χ1n) is 7.54. The number of aliphatic hydroxyl groups is 1. The number of ether oxygens (including phenoxy) is 1. The molecule has 0 radical (unpaired) electrons. The van der Waals surface area contributed by atoms with E-state index < -0.39 is 5.60 Å². The van der Waals surface area contributed by atoms with Gasteiger partial charge in [-0.25, -0.2) is 0 Å². The molecule has 1 aliphatic rings.